The molecule has 0 spiro atoms. The highest BCUT2D eigenvalue weighted by Crippen LogP contribution is 2.32. The van der Waals surface area contributed by atoms with Gasteiger partial charge >= 0.3 is 0 Å². The van der Waals surface area contributed by atoms with Gasteiger partial charge in [-0.1, -0.05) is 29.8 Å². The molecule has 1 aromatic rings. The number of nitrogens with zero attached hydrogens (tertiary/aromatic N) is 1. The van der Waals surface area contributed by atoms with Gasteiger partial charge in [-0.3, -0.25) is 4.79 Å². The van der Waals surface area contributed by atoms with Crippen LogP contribution in [0.4, 0.5) is 11.4 Å². The van der Waals surface area contributed by atoms with Gasteiger partial charge in [0.15, 0.2) is 0 Å². The van der Waals surface area contributed by atoms with E-state index < -0.39 is 0 Å². The predicted molar refractivity (Wildman–Crippen MR) is 69.8 cm³/mol. The van der Waals surface area contributed by atoms with E-state index in [1.807, 2.05) is 18.2 Å². The molecule has 1 heterocycles. The lowest BCUT2D eigenvalue weighted by Gasteiger charge is -2.32. The number of carbonyl (C=O) groups is 1. The molecule has 0 radical (unpaired) electrons. The molecule has 0 saturated carbocycles. The Hall–Kier alpha value is -1.03. The lowest BCUT2D eigenvalue weighted by Crippen LogP contribution is -2.40. The van der Waals surface area contributed by atoms with Crippen LogP contribution in [0, 0.1) is 5.92 Å². The van der Waals surface area contributed by atoms with E-state index >= 15 is 0 Å². The van der Waals surface area contributed by atoms with Crippen LogP contribution < -0.4 is 10.2 Å². The summed E-state index contributed by atoms with van der Waals surface area (Å²) in [5.74, 6) is 0.605. The van der Waals surface area contributed by atoms with E-state index in [1.54, 1.807) is 0 Å². The lowest BCUT2D eigenvalue weighted by molar-refractivity contribution is -0.115. The van der Waals surface area contributed by atoms with Crippen molar-refractivity contribution in [2.75, 3.05) is 23.3 Å². The second-order valence-electron chi connectivity index (χ2n) is 4.48. The Labute approximate surface area is 104 Å². The Bertz CT molecular complexity index is 417. The largest absolute Gasteiger partial charge is 0.360 e. The zero-order valence-corrected chi connectivity index (χ0v) is 11.0. The molecule has 3 nitrogen and oxygen atoms in total. The number of carbonyl (C=O) groups excluding carboxylic acids is 1. The highest BCUT2D eigenvalue weighted by molar-refractivity contribution is 9.10. The maximum atomic E-state index is 11.6. The van der Waals surface area contributed by atoms with Crippen molar-refractivity contribution in [1.82, 2.24) is 0 Å². The van der Waals surface area contributed by atoms with E-state index in [2.05, 4.69) is 40.0 Å². The minimum Gasteiger partial charge on any atom is -0.360 e. The quantitative estimate of drug-likeness (QED) is 0.905. The maximum absolute atomic E-state index is 11.6. The molecular weight excluding hydrogens is 268 g/mol. The van der Waals surface area contributed by atoms with Crippen LogP contribution in [0.25, 0.3) is 0 Å². The third kappa shape index (κ3) is 2.38. The Morgan fingerprint density at radius 2 is 2.25 bits per heavy atom. The fraction of sp³-hybridized carbons (Fsp3) is 0.417. The van der Waals surface area contributed by atoms with Gasteiger partial charge in [0.25, 0.3) is 0 Å². The first kappa shape index (κ1) is 11.5. The molecule has 0 aliphatic carbocycles. The van der Waals surface area contributed by atoms with Gasteiger partial charge in [0.05, 0.1) is 17.9 Å². The molecule has 1 aliphatic rings. The molecule has 1 aliphatic heterocycles. The number of rotatable bonds is 2. The number of fused-ring (bicyclic) bond motifs is 1. The zero-order valence-electron chi connectivity index (χ0n) is 9.46. The van der Waals surface area contributed by atoms with Crippen molar-refractivity contribution in [2.45, 2.75) is 13.8 Å². The van der Waals surface area contributed by atoms with Crippen LogP contribution in [0.2, 0.25) is 0 Å². The van der Waals surface area contributed by atoms with Crippen molar-refractivity contribution >= 4 is 33.2 Å². The van der Waals surface area contributed by atoms with Crippen LogP contribution >= 0.6 is 15.9 Å². The first-order valence-corrected chi connectivity index (χ1v) is 6.20. The molecule has 0 saturated heterocycles. The minimum absolute atomic E-state index is 0.0613. The molecule has 1 N–H and O–H groups in total. The van der Waals surface area contributed by atoms with Gasteiger partial charge in [0, 0.05) is 11.0 Å². The van der Waals surface area contributed by atoms with E-state index in [-0.39, 0.29) is 5.91 Å². The summed E-state index contributed by atoms with van der Waals surface area (Å²) in [6, 6.07) is 5.99. The summed E-state index contributed by atoms with van der Waals surface area (Å²) in [5, 5.41) is 2.89. The average molecular weight is 283 g/mol. The standard InChI is InChI=1S/C12H15BrN2O/c1-8(2)6-15-7-12(16)14-10-5-9(13)3-4-11(10)15/h3-5,8H,6-7H2,1-2H3,(H,14,16). The summed E-state index contributed by atoms with van der Waals surface area (Å²) in [5.41, 5.74) is 2.00. The molecule has 16 heavy (non-hydrogen) atoms. The monoisotopic (exact) mass is 282 g/mol. The SMILES string of the molecule is CC(C)CN1CC(=O)Nc2cc(Br)ccc21. The molecule has 0 aromatic heterocycles. The molecule has 0 unspecified atom stereocenters. The van der Waals surface area contributed by atoms with Crippen molar-refractivity contribution in [3.05, 3.63) is 22.7 Å². The van der Waals surface area contributed by atoms with Crippen molar-refractivity contribution in [2.24, 2.45) is 5.92 Å². The molecule has 0 bridgehead atoms. The smallest absolute Gasteiger partial charge is 0.243 e. The van der Waals surface area contributed by atoms with Crippen molar-refractivity contribution in [1.29, 1.82) is 0 Å². The second-order valence-corrected chi connectivity index (χ2v) is 5.40. The van der Waals surface area contributed by atoms with Crippen LogP contribution in [0.3, 0.4) is 0 Å². The Balaban J connectivity index is 2.34. The van der Waals surface area contributed by atoms with Crippen LogP contribution in [0.15, 0.2) is 22.7 Å². The molecule has 4 heteroatoms. The number of hydrogen-bond acceptors (Lipinski definition) is 2. The molecule has 2 rings (SSSR count). The number of anilines is 2. The van der Waals surface area contributed by atoms with Crippen molar-refractivity contribution in [3.63, 3.8) is 0 Å². The summed E-state index contributed by atoms with van der Waals surface area (Å²) in [6.45, 7) is 5.67. The Kier molecular flexibility index (Phi) is 3.19. The van der Waals surface area contributed by atoms with Crippen LogP contribution in [0.5, 0.6) is 0 Å². The maximum Gasteiger partial charge on any atom is 0.243 e. The van der Waals surface area contributed by atoms with Crippen molar-refractivity contribution in [3.8, 4) is 0 Å². The Morgan fingerprint density at radius 3 is 2.94 bits per heavy atom. The summed E-state index contributed by atoms with van der Waals surface area (Å²) in [6.07, 6.45) is 0. The fourth-order valence-electron chi connectivity index (χ4n) is 1.94. The highest BCUT2D eigenvalue weighted by Gasteiger charge is 2.22. The van der Waals surface area contributed by atoms with E-state index in [0.717, 1.165) is 22.4 Å². The molecule has 1 aromatic carbocycles. The number of benzene rings is 1. The van der Waals surface area contributed by atoms with E-state index in [0.29, 0.717) is 12.5 Å². The van der Waals surface area contributed by atoms with Gasteiger partial charge in [0.1, 0.15) is 0 Å². The summed E-state index contributed by atoms with van der Waals surface area (Å²) in [4.78, 5) is 13.7. The lowest BCUT2D eigenvalue weighted by atomic mass is 10.1. The number of nitrogens with one attached hydrogen (secondary N) is 1. The summed E-state index contributed by atoms with van der Waals surface area (Å²) >= 11 is 3.41. The summed E-state index contributed by atoms with van der Waals surface area (Å²) < 4.78 is 0.984. The molecule has 1 amide bonds. The number of amides is 1. The topological polar surface area (TPSA) is 32.3 Å². The van der Waals surface area contributed by atoms with Crippen LogP contribution in [-0.2, 0) is 4.79 Å². The highest BCUT2D eigenvalue weighted by atomic mass is 79.9. The molecule has 86 valence electrons. The van der Waals surface area contributed by atoms with Crippen molar-refractivity contribution < 1.29 is 4.79 Å². The van der Waals surface area contributed by atoms with Crippen LogP contribution in [-0.4, -0.2) is 19.0 Å². The van der Waals surface area contributed by atoms with E-state index in [9.17, 15) is 4.79 Å². The Morgan fingerprint density at radius 1 is 1.50 bits per heavy atom. The van der Waals surface area contributed by atoms with Gasteiger partial charge in [-0.25, -0.2) is 0 Å². The fourth-order valence-corrected chi connectivity index (χ4v) is 2.30. The van der Waals surface area contributed by atoms with Gasteiger partial charge < -0.3 is 10.2 Å². The minimum atomic E-state index is 0.0613. The van der Waals surface area contributed by atoms with Gasteiger partial charge in [0.2, 0.25) is 5.91 Å². The normalized spacial score (nSPS) is 15.0. The number of halogens is 1. The second kappa shape index (κ2) is 4.45. The van der Waals surface area contributed by atoms with Crippen LogP contribution in [0.1, 0.15) is 13.8 Å². The molecule has 0 fully saturated rings. The van der Waals surface area contributed by atoms with E-state index in [4.69, 9.17) is 0 Å². The molecule has 0 atom stereocenters. The zero-order chi connectivity index (χ0) is 11.7. The van der Waals surface area contributed by atoms with E-state index in [1.165, 1.54) is 0 Å². The third-order valence-electron chi connectivity index (χ3n) is 2.49. The van der Waals surface area contributed by atoms with Gasteiger partial charge in [-0.2, -0.15) is 0 Å². The third-order valence-corrected chi connectivity index (χ3v) is 2.99. The predicted octanol–water partition coefficient (Wildman–Crippen LogP) is 2.86. The average Bonchev–Trinajstić information content (AvgIpc) is 2.15. The molecular formula is C12H15BrN2O. The first-order chi connectivity index (χ1) is 7.56. The first-order valence-electron chi connectivity index (χ1n) is 5.40. The van der Waals surface area contributed by atoms with Gasteiger partial charge in [-0.05, 0) is 24.1 Å². The van der Waals surface area contributed by atoms with Gasteiger partial charge in [-0.15, -0.1) is 0 Å². The number of hydrogen-bond donors (Lipinski definition) is 1. The summed E-state index contributed by atoms with van der Waals surface area (Å²) in [7, 11) is 0.